The molecule has 0 saturated carbocycles. The third-order valence-corrected chi connectivity index (χ3v) is 5.15. The summed E-state index contributed by atoms with van der Waals surface area (Å²) in [5, 5.41) is 10.2. The number of carbonyl (C=O) groups is 1. The Labute approximate surface area is 154 Å². The molecule has 0 spiro atoms. The first kappa shape index (κ1) is 18.3. The Kier molecular flexibility index (Phi) is 5.47. The number of aliphatic hydroxyl groups is 1. The lowest BCUT2D eigenvalue weighted by atomic mass is 9.88. The molecule has 0 bridgehead atoms. The largest absolute Gasteiger partial charge is 0.493 e. The Balaban J connectivity index is 1.95. The third-order valence-electron chi connectivity index (χ3n) is 5.15. The SMILES string of the molecule is COc1cccc(C(=O)N2CCC[C@@]2(CO)Cc2ccccc2)c1OC. The monoisotopic (exact) mass is 355 g/mol. The minimum atomic E-state index is -0.591. The molecule has 1 saturated heterocycles. The molecule has 1 aliphatic heterocycles. The van der Waals surface area contributed by atoms with Crippen LogP contribution >= 0.6 is 0 Å². The molecule has 1 heterocycles. The van der Waals surface area contributed by atoms with Crippen molar-refractivity contribution in [3.05, 3.63) is 59.7 Å². The molecule has 2 aromatic rings. The van der Waals surface area contributed by atoms with Crippen LogP contribution in [0.15, 0.2) is 48.5 Å². The van der Waals surface area contributed by atoms with Gasteiger partial charge in [0.05, 0.1) is 31.9 Å². The second-order valence-corrected chi connectivity index (χ2v) is 6.65. The zero-order valence-electron chi connectivity index (χ0n) is 15.3. The van der Waals surface area contributed by atoms with Gasteiger partial charge in [-0.3, -0.25) is 4.79 Å². The highest BCUT2D eigenvalue weighted by atomic mass is 16.5. The molecule has 1 fully saturated rings. The van der Waals surface area contributed by atoms with Gasteiger partial charge in [0, 0.05) is 6.54 Å². The average molecular weight is 355 g/mol. The van der Waals surface area contributed by atoms with E-state index in [1.165, 1.54) is 7.11 Å². The number of ether oxygens (including phenoxy) is 2. The molecule has 0 radical (unpaired) electrons. The van der Waals surface area contributed by atoms with E-state index < -0.39 is 5.54 Å². The Bertz CT molecular complexity index is 762. The summed E-state index contributed by atoms with van der Waals surface area (Å²) < 4.78 is 10.8. The lowest BCUT2D eigenvalue weighted by Crippen LogP contribution is -2.51. The maximum Gasteiger partial charge on any atom is 0.258 e. The van der Waals surface area contributed by atoms with Crippen LogP contribution in [-0.2, 0) is 6.42 Å². The van der Waals surface area contributed by atoms with Crippen molar-refractivity contribution in [3.63, 3.8) is 0 Å². The molecule has 5 nitrogen and oxygen atoms in total. The van der Waals surface area contributed by atoms with Crippen LogP contribution in [0.5, 0.6) is 11.5 Å². The van der Waals surface area contributed by atoms with E-state index in [1.807, 2.05) is 30.3 Å². The van der Waals surface area contributed by atoms with Gasteiger partial charge < -0.3 is 19.5 Å². The van der Waals surface area contributed by atoms with Gasteiger partial charge in [-0.15, -0.1) is 0 Å². The van der Waals surface area contributed by atoms with E-state index in [1.54, 1.807) is 30.2 Å². The number of nitrogens with zero attached hydrogens (tertiary/aromatic N) is 1. The van der Waals surface area contributed by atoms with Gasteiger partial charge in [-0.1, -0.05) is 36.4 Å². The number of rotatable bonds is 6. The van der Waals surface area contributed by atoms with Gasteiger partial charge in [-0.2, -0.15) is 0 Å². The Hall–Kier alpha value is -2.53. The maximum atomic E-state index is 13.3. The summed E-state index contributed by atoms with van der Waals surface area (Å²) in [5.74, 6) is 0.817. The highest BCUT2D eigenvalue weighted by Gasteiger charge is 2.44. The molecule has 0 unspecified atom stereocenters. The molecule has 1 N–H and O–H groups in total. The Morgan fingerprint density at radius 1 is 1.12 bits per heavy atom. The fourth-order valence-corrected chi connectivity index (χ4v) is 3.84. The number of carbonyl (C=O) groups excluding carboxylic acids is 1. The van der Waals surface area contributed by atoms with Crippen molar-refractivity contribution >= 4 is 5.91 Å². The Morgan fingerprint density at radius 2 is 1.88 bits per heavy atom. The number of para-hydroxylation sites is 1. The molecule has 0 aliphatic carbocycles. The summed E-state index contributed by atoms with van der Waals surface area (Å²) in [5.41, 5.74) is 0.977. The molecule has 1 atom stereocenters. The predicted octanol–water partition coefficient (Wildman–Crippen LogP) is 2.91. The normalized spacial score (nSPS) is 19.4. The number of methoxy groups -OCH3 is 2. The predicted molar refractivity (Wildman–Crippen MR) is 99.8 cm³/mol. The van der Waals surface area contributed by atoms with Crippen LogP contribution in [0.25, 0.3) is 0 Å². The van der Waals surface area contributed by atoms with E-state index in [4.69, 9.17) is 9.47 Å². The minimum Gasteiger partial charge on any atom is -0.493 e. The van der Waals surface area contributed by atoms with Crippen LogP contribution in [0.4, 0.5) is 0 Å². The average Bonchev–Trinajstić information content (AvgIpc) is 3.11. The van der Waals surface area contributed by atoms with Crippen molar-refractivity contribution in [3.8, 4) is 11.5 Å². The number of aliphatic hydroxyl groups excluding tert-OH is 1. The van der Waals surface area contributed by atoms with E-state index in [-0.39, 0.29) is 12.5 Å². The lowest BCUT2D eigenvalue weighted by Gasteiger charge is -2.37. The first-order chi connectivity index (χ1) is 12.6. The summed E-state index contributed by atoms with van der Waals surface area (Å²) in [7, 11) is 3.08. The quantitative estimate of drug-likeness (QED) is 0.866. The van der Waals surface area contributed by atoms with Crippen molar-refractivity contribution in [1.82, 2.24) is 4.90 Å². The van der Waals surface area contributed by atoms with Crippen molar-refractivity contribution in [2.24, 2.45) is 0 Å². The first-order valence-corrected chi connectivity index (χ1v) is 8.83. The smallest absolute Gasteiger partial charge is 0.258 e. The standard InChI is InChI=1S/C21H25NO4/c1-25-18-11-6-10-17(19(18)26-2)20(24)22-13-7-12-21(22,15-23)14-16-8-4-3-5-9-16/h3-6,8-11,23H,7,12-15H2,1-2H3/t21-/m0/s1. The molecule has 1 amide bonds. The molecular formula is C21H25NO4. The van der Waals surface area contributed by atoms with Crippen LogP contribution in [0.2, 0.25) is 0 Å². The summed E-state index contributed by atoms with van der Waals surface area (Å²) in [4.78, 5) is 15.1. The van der Waals surface area contributed by atoms with Crippen LogP contribution in [-0.4, -0.2) is 48.8 Å². The van der Waals surface area contributed by atoms with Gasteiger partial charge in [0.25, 0.3) is 5.91 Å². The van der Waals surface area contributed by atoms with E-state index in [9.17, 15) is 9.90 Å². The van der Waals surface area contributed by atoms with Crippen molar-refractivity contribution < 1.29 is 19.4 Å². The first-order valence-electron chi connectivity index (χ1n) is 8.83. The molecule has 1 aliphatic rings. The van der Waals surface area contributed by atoms with E-state index in [2.05, 4.69) is 0 Å². The second kappa shape index (κ2) is 7.79. The van der Waals surface area contributed by atoms with Crippen molar-refractivity contribution in [1.29, 1.82) is 0 Å². The fourth-order valence-electron chi connectivity index (χ4n) is 3.84. The number of amides is 1. The second-order valence-electron chi connectivity index (χ2n) is 6.65. The number of hydrogen-bond acceptors (Lipinski definition) is 4. The molecule has 2 aromatic carbocycles. The molecule has 5 heteroatoms. The van der Waals surface area contributed by atoms with Gasteiger partial charge in [0.2, 0.25) is 0 Å². The minimum absolute atomic E-state index is 0.0695. The fraction of sp³-hybridized carbons (Fsp3) is 0.381. The summed E-state index contributed by atoms with van der Waals surface area (Å²) in [6, 6.07) is 15.3. The van der Waals surface area contributed by atoms with E-state index in [0.29, 0.717) is 30.0 Å². The van der Waals surface area contributed by atoms with Crippen LogP contribution in [0.3, 0.4) is 0 Å². The van der Waals surface area contributed by atoms with Crippen LogP contribution in [0, 0.1) is 0 Å². The highest BCUT2D eigenvalue weighted by Crippen LogP contribution is 2.37. The third kappa shape index (κ3) is 3.27. The van der Waals surface area contributed by atoms with Gasteiger partial charge in [-0.05, 0) is 37.0 Å². The molecule has 0 aromatic heterocycles. The van der Waals surface area contributed by atoms with Crippen LogP contribution in [0.1, 0.15) is 28.8 Å². The lowest BCUT2D eigenvalue weighted by molar-refractivity contribution is 0.0409. The van der Waals surface area contributed by atoms with Gasteiger partial charge in [0.1, 0.15) is 0 Å². The van der Waals surface area contributed by atoms with E-state index in [0.717, 1.165) is 18.4 Å². The number of hydrogen-bond donors (Lipinski definition) is 1. The molecular weight excluding hydrogens is 330 g/mol. The zero-order valence-corrected chi connectivity index (χ0v) is 15.3. The Morgan fingerprint density at radius 3 is 2.54 bits per heavy atom. The van der Waals surface area contributed by atoms with E-state index >= 15 is 0 Å². The summed E-state index contributed by atoms with van der Waals surface area (Å²) >= 11 is 0. The van der Waals surface area contributed by atoms with Gasteiger partial charge in [-0.25, -0.2) is 0 Å². The van der Waals surface area contributed by atoms with Gasteiger partial charge >= 0.3 is 0 Å². The summed E-state index contributed by atoms with van der Waals surface area (Å²) in [6.07, 6.45) is 2.27. The van der Waals surface area contributed by atoms with Gasteiger partial charge in [0.15, 0.2) is 11.5 Å². The topological polar surface area (TPSA) is 59.0 Å². The number of likely N-dealkylation sites (tertiary alicyclic amines) is 1. The number of benzene rings is 2. The zero-order chi connectivity index (χ0) is 18.6. The van der Waals surface area contributed by atoms with Crippen molar-refractivity contribution in [2.75, 3.05) is 27.4 Å². The highest BCUT2D eigenvalue weighted by molar-refractivity contribution is 5.98. The molecule has 138 valence electrons. The molecule has 26 heavy (non-hydrogen) atoms. The summed E-state index contributed by atoms with van der Waals surface area (Å²) in [6.45, 7) is 0.548. The van der Waals surface area contributed by atoms with Crippen LogP contribution < -0.4 is 9.47 Å². The molecule has 3 rings (SSSR count). The van der Waals surface area contributed by atoms with Crippen molar-refractivity contribution in [2.45, 2.75) is 24.8 Å². The maximum absolute atomic E-state index is 13.3.